The molecular formula is C10H8F2N2O. The van der Waals surface area contributed by atoms with E-state index < -0.39 is 6.61 Å². The smallest absolute Gasteiger partial charge is 0.387 e. The molecule has 2 aromatic rings. The molecule has 0 saturated carbocycles. The minimum absolute atomic E-state index is 0.0369. The Morgan fingerprint density at radius 1 is 1.27 bits per heavy atom. The van der Waals surface area contributed by atoms with Crippen molar-refractivity contribution in [1.29, 1.82) is 0 Å². The summed E-state index contributed by atoms with van der Waals surface area (Å²) in [6.45, 7) is -2.86. The molecule has 2 rings (SSSR count). The van der Waals surface area contributed by atoms with Crippen LogP contribution in [0.25, 0.3) is 10.9 Å². The van der Waals surface area contributed by atoms with Crippen molar-refractivity contribution in [1.82, 2.24) is 4.98 Å². The quantitative estimate of drug-likeness (QED) is 0.774. The number of benzene rings is 1. The number of ether oxygens (including phenoxy) is 1. The fourth-order valence-corrected chi connectivity index (χ4v) is 1.36. The van der Waals surface area contributed by atoms with Crippen LogP contribution in [0, 0.1) is 0 Å². The zero-order chi connectivity index (χ0) is 10.8. The molecular weight excluding hydrogens is 202 g/mol. The van der Waals surface area contributed by atoms with E-state index in [0.717, 1.165) is 0 Å². The number of rotatable bonds is 2. The van der Waals surface area contributed by atoms with Gasteiger partial charge in [-0.05, 0) is 24.3 Å². The summed E-state index contributed by atoms with van der Waals surface area (Å²) in [5.41, 5.74) is 6.50. The van der Waals surface area contributed by atoms with Gasteiger partial charge >= 0.3 is 6.61 Å². The van der Waals surface area contributed by atoms with E-state index in [0.29, 0.717) is 16.6 Å². The molecule has 0 amide bonds. The third kappa shape index (κ3) is 1.81. The van der Waals surface area contributed by atoms with Crippen LogP contribution in [-0.2, 0) is 0 Å². The molecule has 0 fully saturated rings. The Kier molecular flexibility index (Phi) is 2.37. The highest BCUT2D eigenvalue weighted by Crippen LogP contribution is 2.28. The van der Waals surface area contributed by atoms with Crippen LogP contribution in [0.15, 0.2) is 30.5 Å². The Bertz CT molecular complexity index is 488. The minimum atomic E-state index is -2.86. The van der Waals surface area contributed by atoms with Crippen molar-refractivity contribution in [3.63, 3.8) is 0 Å². The lowest BCUT2D eigenvalue weighted by Crippen LogP contribution is -2.03. The Labute approximate surface area is 84.5 Å². The van der Waals surface area contributed by atoms with Crippen LogP contribution in [0.5, 0.6) is 5.75 Å². The van der Waals surface area contributed by atoms with Crippen LogP contribution in [0.2, 0.25) is 0 Å². The van der Waals surface area contributed by atoms with Gasteiger partial charge in [-0.2, -0.15) is 8.78 Å². The molecule has 0 bridgehead atoms. The highest BCUT2D eigenvalue weighted by atomic mass is 19.3. The van der Waals surface area contributed by atoms with Gasteiger partial charge in [-0.25, -0.2) is 0 Å². The highest BCUT2D eigenvalue weighted by Gasteiger charge is 2.10. The van der Waals surface area contributed by atoms with Crippen LogP contribution in [0.3, 0.4) is 0 Å². The molecule has 1 aromatic heterocycles. The van der Waals surface area contributed by atoms with Gasteiger partial charge in [-0.1, -0.05) is 0 Å². The van der Waals surface area contributed by atoms with Crippen LogP contribution in [-0.4, -0.2) is 11.6 Å². The summed E-state index contributed by atoms with van der Waals surface area (Å²) >= 11 is 0. The number of nitrogen functional groups attached to an aromatic ring is 1. The average Bonchev–Trinajstić information content (AvgIpc) is 2.22. The van der Waals surface area contributed by atoms with Crippen LogP contribution in [0.1, 0.15) is 0 Å². The van der Waals surface area contributed by atoms with Gasteiger partial charge in [0, 0.05) is 17.3 Å². The van der Waals surface area contributed by atoms with E-state index in [1.54, 1.807) is 12.1 Å². The lowest BCUT2D eigenvalue weighted by molar-refractivity contribution is -0.0489. The zero-order valence-electron chi connectivity index (χ0n) is 7.65. The first-order chi connectivity index (χ1) is 7.18. The predicted molar refractivity (Wildman–Crippen MR) is 52.8 cm³/mol. The van der Waals surface area contributed by atoms with Crippen LogP contribution in [0.4, 0.5) is 14.5 Å². The molecule has 5 heteroatoms. The summed E-state index contributed by atoms with van der Waals surface area (Å²) in [6.07, 6.45) is 1.50. The molecule has 0 saturated heterocycles. The molecule has 0 spiro atoms. The molecule has 0 aliphatic rings. The second-order valence-corrected chi connectivity index (χ2v) is 2.93. The van der Waals surface area contributed by atoms with Crippen molar-refractivity contribution < 1.29 is 13.5 Å². The number of fused-ring (bicyclic) bond motifs is 1. The van der Waals surface area contributed by atoms with Crippen molar-refractivity contribution in [2.75, 3.05) is 5.73 Å². The molecule has 0 aliphatic heterocycles. The molecule has 15 heavy (non-hydrogen) atoms. The van der Waals surface area contributed by atoms with E-state index in [-0.39, 0.29) is 5.75 Å². The lowest BCUT2D eigenvalue weighted by atomic mass is 10.2. The Balaban J connectivity index is 2.61. The minimum Gasteiger partial charge on any atom is -0.432 e. The van der Waals surface area contributed by atoms with E-state index in [9.17, 15) is 8.78 Å². The maximum absolute atomic E-state index is 12.1. The summed E-state index contributed by atoms with van der Waals surface area (Å²) < 4.78 is 28.5. The van der Waals surface area contributed by atoms with Crippen molar-refractivity contribution in [2.45, 2.75) is 6.61 Å². The fourth-order valence-electron chi connectivity index (χ4n) is 1.36. The predicted octanol–water partition coefficient (Wildman–Crippen LogP) is 2.42. The number of hydrogen-bond acceptors (Lipinski definition) is 3. The molecule has 2 N–H and O–H groups in total. The number of hydrogen-bond donors (Lipinski definition) is 1. The molecule has 0 aliphatic carbocycles. The van der Waals surface area contributed by atoms with Gasteiger partial charge < -0.3 is 10.5 Å². The van der Waals surface area contributed by atoms with Gasteiger partial charge in [-0.3, -0.25) is 4.98 Å². The number of halogens is 2. The number of nitrogens with two attached hydrogens (primary N) is 1. The molecule has 1 heterocycles. The summed E-state index contributed by atoms with van der Waals surface area (Å²) in [5, 5.41) is 0.607. The number of aromatic nitrogens is 1. The van der Waals surface area contributed by atoms with E-state index >= 15 is 0 Å². The topological polar surface area (TPSA) is 48.1 Å². The standard InChI is InChI=1S/C10H8F2N2O/c11-10(12)15-8-4-3-7(13)6-2-1-5-14-9(6)8/h1-5,10H,13H2. The van der Waals surface area contributed by atoms with Gasteiger partial charge in [0.25, 0.3) is 0 Å². The largest absolute Gasteiger partial charge is 0.432 e. The van der Waals surface area contributed by atoms with Crippen LogP contribution < -0.4 is 10.5 Å². The number of anilines is 1. The monoisotopic (exact) mass is 210 g/mol. The first kappa shape index (κ1) is 9.64. The third-order valence-corrected chi connectivity index (χ3v) is 1.98. The molecule has 0 unspecified atom stereocenters. The van der Waals surface area contributed by atoms with Crippen molar-refractivity contribution in [3.05, 3.63) is 30.5 Å². The van der Waals surface area contributed by atoms with Gasteiger partial charge in [0.15, 0.2) is 5.75 Å². The maximum atomic E-state index is 12.1. The maximum Gasteiger partial charge on any atom is 0.387 e. The molecule has 0 radical (unpaired) electrons. The summed E-state index contributed by atoms with van der Waals surface area (Å²) in [6, 6.07) is 6.29. The SMILES string of the molecule is Nc1ccc(OC(F)F)c2ncccc12. The van der Waals surface area contributed by atoms with E-state index in [2.05, 4.69) is 9.72 Å². The number of pyridine rings is 1. The summed E-state index contributed by atoms with van der Waals surface area (Å²) in [5.74, 6) is 0.0369. The summed E-state index contributed by atoms with van der Waals surface area (Å²) in [4.78, 5) is 3.96. The van der Waals surface area contributed by atoms with Crippen molar-refractivity contribution >= 4 is 16.6 Å². The van der Waals surface area contributed by atoms with E-state index in [4.69, 9.17) is 5.73 Å². The van der Waals surface area contributed by atoms with Gasteiger partial charge in [0.2, 0.25) is 0 Å². The fraction of sp³-hybridized carbons (Fsp3) is 0.100. The molecule has 3 nitrogen and oxygen atoms in total. The van der Waals surface area contributed by atoms with Gasteiger partial charge in [-0.15, -0.1) is 0 Å². The Hall–Kier alpha value is -1.91. The van der Waals surface area contributed by atoms with Crippen molar-refractivity contribution in [2.24, 2.45) is 0 Å². The number of alkyl halides is 2. The second-order valence-electron chi connectivity index (χ2n) is 2.93. The second kappa shape index (κ2) is 3.68. The molecule has 78 valence electrons. The van der Waals surface area contributed by atoms with Gasteiger partial charge in [0.05, 0.1) is 0 Å². The normalized spacial score (nSPS) is 10.9. The number of nitrogens with zero attached hydrogens (tertiary/aromatic N) is 1. The van der Waals surface area contributed by atoms with Crippen LogP contribution >= 0.6 is 0 Å². The van der Waals surface area contributed by atoms with Gasteiger partial charge in [0.1, 0.15) is 5.52 Å². The Morgan fingerprint density at radius 2 is 2.07 bits per heavy atom. The Morgan fingerprint density at radius 3 is 2.80 bits per heavy atom. The first-order valence-corrected chi connectivity index (χ1v) is 4.26. The molecule has 1 aromatic carbocycles. The van der Waals surface area contributed by atoms with E-state index in [1.165, 1.54) is 18.3 Å². The third-order valence-electron chi connectivity index (χ3n) is 1.98. The van der Waals surface area contributed by atoms with E-state index in [1.807, 2.05) is 0 Å². The highest BCUT2D eigenvalue weighted by molar-refractivity contribution is 5.94. The summed E-state index contributed by atoms with van der Waals surface area (Å²) in [7, 11) is 0. The average molecular weight is 210 g/mol. The first-order valence-electron chi connectivity index (χ1n) is 4.26. The van der Waals surface area contributed by atoms with Crippen molar-refractivity contribution in [3.8, 4) is 5.75 Å². The zero-order valence-corrected chi connectivity index (χ0v) is 7.65. The lowest BCUT2D eigenvalue weighted by Gasteiger charge is -2.08. The molecule has 0 atom stereocenters.